The second-order valence-corrected chi connectivity index (χ2v) is 7.16. The molecule has 0 bridgehead atoms. The summed E-state index contributed by atoms with van der Waals surface area (Å²) in [5.74, 6) is 0. The van der Waals surface area contributed by atoms with E-state index in [9.17, 15) is 0 Å². The molecule has 0 saturated carbocycles. The zero-order chi connectivity index (χ0) is 15.5. The molecule has 2 nitrogen and oxygen atoms in total. The molecule has 23 heavy (non-hydrogen) atoms. The first-order valence-electron chi connectivity index (χ1n) is 8.91. The molecule has 1 fully saturated rings. The number of benzene rings is 2. The molecule has 2 aliphatic heterocycles. The Labute approximate surface area is 139 Å². The van der Waals surface area contributed by atoms with E-state index in [0.29, 0.717) is 5.54 Å². The first-order chi connectivity index (χ1) is 11.3. The average molecular weight is 306 g/mol. The van der Waals surface area contributed by atoms with Crippen LogP contribution in [0.4, 0.5) is 0 Å². The molecule has 0 atom stereocenters. The Morgan fingerprint density at radius 3 is 2.35 bits per heavy atom. The molecular formula is C21H26N2. The van der Waals surface area contributed by atoms with Gasteiger partial charge in [0.1, 0.15) is 0 Å². The number of rotatable bonds is 3. The largest absolute Gasteiger partial charge is 0.307 e. The predicted molar refractivity (Wildman–Crippen MR) is 95.5 cm³/mol. The second-order valence-electron chi connectivity index (χ2n) is 7.16. The van der Waals surface area contributed by atoms with E-state index in [2.05, 4.69) is 64.8 Å². The van der Waals surface area contributed by atoms with Gasteiger partial charge in [-0.2, -0.15) is 0 Å². The molecule has 1 spiro atoms. The summed E-state index contributed by atoms with van der Waals surface area (Å²) in [5.41, 5.74) is 4.85. The summed E-state index contributed by atoms with van der Waals surface area (Å²) in [7, 11) is 0. The van der Waals surface area contributed by atoms with Gasteiger partial charge >= 0.3 is 0 Å². The van der Waals surface area contributed by atoms with Gasteiger partial charge < -0.3 is 10.2 Å². The van der Waals surface area contributed by atoms with E-state index >= 15 is 0 Å². The fourth-order valence-electron chi connectivity index (χ4n) is 4.10. The van der Waals surface area contributed by atoms with Gasteiger partial charge in [-0.15, -0.1) is 0 Å². The van der Waals surface area contributed by atoms with Crippen molar-refractivity contribution in [3.8, 4) is 0 Å². The van der Waals surface area contributed by atoms with Crippen molar-refractivity contribution in [1.82, 2.24) is 10.2 Å². The molecule has 1 N–H and O–H groups in total. The highest BCUT2D eigenvalue weighted by Crippen LogP contribution is 2.31. The summed E-state index contributed by atoms with van der Waals surface area (Å²) >= 11 is 0. The fourth-order valence-corrected chi connectivity index (χ4v) is 4.10. The molecule has 0 aliphatic carbocycles. The Balaban J connectivity index is 1.33. The SMILES string of the molecule is c1ccc(CCN2CCC3(CC2)Cc2ccccc2CN3)cc1. The summed E-state index contributed by atoms with van der Waals surface area (Å²) in [6.07, 6.45) is 4.92. The van der Waals surface area contributed by atoms with E-state index in [-0.39, 0.29) is 0 Å². The zero-order valence-corrected chi connectivity index (χ0v) is 13.8. The first kappa shape index (κ1) is 14.9. The van der Waals surface area contributed by atoms with Crippen molar-refractivity contribution in [2.75, 3.05) is 19.6 Å². The van der Waals surface area contributed by atoms with Crippen LogP contribution in [-0.4, -0.2) is 30.1 Å². The molecule has 0 aromatic heterocycles. The van der Waals surface area contributed by atoms with Crippen LogP contribution >= 0.6 is 0 Å². The van der Waals surface area contributed by atoms with E-state index < -0.39 is 0 Å². The Bertz CT molecular complexity index is 642. The van der Waals surface area contributed by atoms with Crippen LogP contribution in [0.25, 0.3) is 0 Å². The van der Waals surface area contributed by atoms with E-state index in [1.54, 1.807) is 5.56 Å². The van der Waals surface area contributed by atoms with Crippen LogP contribution in [0.1, 0.15) is 29.5 Å². The standard InChI is InChI=1S/C21H26N2/c1-2-6-18(7-3-1)10-13-23-14-11-21(12-15-23)16-19-8-4-5-9-20(19)17-22-21/h1-9,22H,10-17H2. The van der Waals surface area contributed by atoms with E-state index in [4.69, 9.17) is 0 Å². The van der Waals surface area contributed by atoms with Crippen molar-refractivity contribution in [3.05, 3.63) is 71.3 Å². The highest BCUT2D eigenvalue weighted by molar-refractivity contribution is 5.32. The number of fused-ring (bicyclic) bond motifs is 1. The van der Waals surface area contributed by atoms with Crippen molar-refractivity contribution in [2.24, 2.45) is 0 Å². The van der Waals surface area contributed by atoms with Crippen molar-refractivity contribution in [2.45, 2.75) is 37.8 Å². The minimum Gasteiger partial charge on any atom is -0.307 e. The van der Waals surface area contributed by atoms with Crippen molar-refractivity contribution < 1.29 is 0 Å². The molecule has 2 heteroatoms. The highest BCUT2D eigenvalue weighted by atomic mass is 15.2. The van der Waals surface area contributed by atoms with Gasteiger partial charge in [-0.25, -0.2) is 0 Å². The van der Waals surface area contributed by atoms with Crippen LogP contribution in [0.2, 0.25) is 0 Å². The normalized spacial score (nSPS) is 20.3. The van der Waals surface area contributed by atoms with Gasteiger partial charge in [0, 0.05) is 18.6 Å². The third kappa shape index (κ3) is 3.34. The molecule has 2 aliphatic rings. The van der Waals surface area contributed by atoms with Gasteiger partial charge in [-0.1, -0.05) is 54.6 Å². The lowest BCUT2D eigenvalue weighted by Crippen LogP contribution is -2.56. The molecule has 0 unspecified atom stereocenters. The third-order valence-electron chi connectivity index (χ3n) is 5.67. The number of nitrogens with one attached hydrogen (secondary N) is 1. The minimum atomic E-state index is 0.345. The van der Waals surface area contributed by atoms with Gasteiger partial charge in [-0.3, -0.25) is 0 Å². The van der Waals surface area contributed by atoms with Crippen molar-refractivity contribution >= 4 is 0 Å². The maximum Gasteiger partial charge on any atom is 0.0249 e. The molecular weight excluding hydrogens is 280 g/mol. The zero-order valence-electron chi connectivity index (χ0n) is 13.8. The molecule has 0 amide bonds. The lowest BCUT2D eigenvalue weighted by Gasteiger charge is -2.45. The lowest BCUT2D eigenvalue weighted by atomic mass is 9.78. The van der Waals surface area contributed by atoms with Crippen LogP contribution in [0, 0.1) is 0 Å². The molecule has 0 radical (unpaired) electrons. The van der Waals surface area contributed by atoms with Gasteiger partial charge in [0.25, 0.3) is 0 Å². The molecule has 4 rings (SSSR count). The van der Waals surface area contributed by atoms with Crippen molar-refractivity contribution in [1.29, 1.82) is 0 Å². The molecule has 2 heterocycles. The molecule has 120 valence electrons. The van der Waals surface area contributed by atoms with Crippen LogP contribution in [-0.2, 0) is 19.4 Å². The van der Waals surface area contributed by atoms with Crippen LogP contribution in [0.5, 0.6) is 0 Å². The van der Waals surface area contributed by atoms with Crippen LogP contribution in [0.3, 0.4) is 0 Å². The number of piperidine rings is 1. The Kier molecular flexibility index (Phi) is 4.19. The molecule has 1 saturated heterocycles. The summed E-state index contributed by atoms with van der Waals surface area (Å²) in [4.78, 5) is 2.64. The van der Waals surface area contributed by atoms with Gasteiger partial charge in [0.15, 0.2) is 0 Å². The summed E-state index contributed by atoms with van der Waals surface area (Å²) in [6.45, 7) is 4.68. The quantitative estimate of drug-likeness (QED) is 0.935. The monoisotopic (exact) mass is 306 g/mol. The second kappa shape index (κ2) is 6.46. The van der Waals surface area contributed by atoms with Crippen molar-refractivity contribution in [3.63, 3.8) is 0 Å². The molecule has 2 aromatic rings. The Morgan fingerprint density at radius 2 is 1.57 bits per heavy atom. The maximum absolute atomic E-state index is 3.86. The molecule has 2 aromatic carbocycles. The predicted octanol–water partition coefficient (Wildman–Crippen LogP) is 3.41. The van der Waals surface area contributed by atoms with E-state index in [1.807, 2.05) is 0 Å². The van der Waals surface area contributed by atoms with E-state index in [0.717, 1.165) is 6.54 Å². The topological polar surface area (TPSA) is 15.3 Å². The lowest BCUT2D eigenvalue weighted by molar-refractivity contribution is 0.128. The summed E-state index contributed by atoms with van der Waals surface area (Å²) < 4.78 is 0. The van der Waals surface area contributed by atoms with E-state index in [1.165, 1.54) is 56.4 Å². The average Bonchev–Trinajstić information content (AvgIpc) is 2.62. The fraction of sp³-hybridized carbons (Fsp3) is 0.429. The number of likely N-dealkylation sites (tertiary alicyclic amines) is 1. The number of hydrogen-bond donors (Lipinski definition) is 1. The third-order valence-corrected chi connectivity index (χ3v) is 5.67. The first-order valence-corrected chi connectivity index (χ1v) is 8.91. The highest BCUT2D eigenvalue weighted by Gasteiger charge is 2.36. The van der Waals surface area contributed by atoms with Gasteiger partial charge in [-0.05, 0) is 55.5 Å². The smallest absolute Gasteiger partial charge is 0.0249 e. The minimum absolute atomic E-state index is 0.345. The number of hydrogen-bond acceptors (Lipinski definition) is 2. The Morgan fingerprint density at radius 1 is 0.870 bits per heavy atom. The van der Waals surface area contributed by atoms with Crippen LogP contribution in [0.15, 0.2) is 54.6 Å². The summed E-state index contributed by atoms with van der Waals surface area (Å²) in [6, 6.07) is 19.8. The number of nitrogens with zero attached hydrogens (tertiary/aromatic N) is 1. The Hall–Kier alpha value is -1.64. The summed E-state index contributed by atoms with van der Waals surface area (Å²) in [5, 5.41) is 3.86. The van der Waals surface area contributed by atoms with Gasteiger partial charge in [0.05, 0.1) is 0 Å². The van der Waals surface area contributed by atoms with Gasteiger partial charge in [0.2, 0.25) is 0 Å². The van der Waals surface area contributed by atoms with Crippen LogP contribution < -0.4 is 5.32 Å². The maximum atomic E-state index is 3.86.